The van der Waals surface area contributed by atoms with E-state index in [9.17, 15) is 4.79 Å². The molecule has 0 radical (unpaired) electrons. The van der Waals surface area contributed by atoms with Crippen molar-refractivity contribution in [1.82, 2.24) is 4.90 Å². The van der Waals surface area contributed by atoms with Crippen LogP contribution in [0, 0.1) is 17.8 Å². The van der Waals surface area contributed by atoms with Gasteiger partial charge in [0.15, 0.2) is 0 Å². The monoisotopic (exact) mass is 363 g/mol. The van der Waals surface area contributed by atoms with E-state index in [1.54, 1.807) is 14.2 Å². The molecule has 1 aliphatic carbocycles. The lowest BCUT2D eigenvalue weighted by molar-refractivity contribution is -0.160. The Balaban J connectivity index is 1.55. The zero-order chi connectivity index (χ0) is 18.5. The van der Waals surface area contributed by atoms with Gasteiger partial charge in [0.25, 0.3) is 0 Å². The molecule has 4 aliphatic rings. The summed E-state index contributed by atoms with van der Waals surface area (Å²) in [6.45, 7) is 1.08. The van der Waals surface area contributed by atoms with Crippen molar-refractivity contribution in [3.05, 3.63) is 59.7 Å². The quantitative estimate of drug-likeness (QED) is 0.822. The van der Waals surface area contributed by atoms with Crippen LogP contribution in [0.25, 0.3) is 0 Å². The highest BCUT2D eigenvalue weighted by atomic mass is 16.5. The number of piperidine rings is 3. The lowest BCUT2D eigenvalue weighted by atomic mass is 9.59. The first-order valence-electron chi connectivity index (χ1n) is 9.77. The Morgan fingerprint density at radius 3 is 1.63 bits per heavy atom. The SMILES string of the molecule is COc1ccc([C@@H]2[C@@H]3CC4C[C@@H](C3=O)[C@@H](c3ccc(OC)cc3)N2C4)cc1. The van der Waals surface area contributed by atoms with Crippen molar-refractivity contribution >= 4 is 5.78 Å². The number of ketones is 1. The first-order chi connectivity index (χ1) is 13.2. The number of carbonyl (C=O) groups is 1. The lowest BCUT2D eigenvalue weighted by Gasteiger charge is -2.59. The highest BCUT2D eigenvalue weighted by molar-refractivity contribution is 5.87. The van der Waals surface area contributed by atoms with E-state index in [4.69, 9.17) is 9.47 Å². The van der Waals surface area contributed by atoms with E-state index in [1.165, 1.54) is 11.1 Å². The van der Waals surface area contributed by atoms with Gasteiger partial charge in [-0.1, -0.05) is 24.3 Å². The van der Waals surface area contributed by atoms with Crippen LogP contribution in [0.1, 0.15) is 36.1 Å². The van der Waals surface area contributed by atoms with Gasteiger partial charge in [0.2, 0.25) is 0 Å². The second kappa shape index (κ2) is 6.38. The van der Waals surface area contributed by atoms with Crippen LogP contribution in [0.3, 0.4) is 0 Å². The molecule has 6 atom stereocenters. The molecular weight excluding hydrogens is 338 g/mol. The number of hydrogen-bond acceptors (Lipinski definition) is 4. The maximum Gasteiger partial charge on any atom is 0.142 e. The number of nitrogens with zero attached hydrogens (tertiary/aromatic N) is 1. The number of hydrogen-bond donors (Lipinski definition) is 0. The van der Waals surface area contributed by atoms with Crippen LogP contribution in [0.4, 0.5) is 0 Å². The van der Waals surface area contributed by atoms with Crippen molar-refractivity contribution in [1.29, 1.82) is 0 Å². The molecule has 3 aliphatic heterocycles. The Labute approximate surface area is 160 Å². The van der Waals surface area contributed by atoms with E-state index in [0.717, 1.165) is 30.9 Å². The zero-order valence-electron chi connectivity index (χ0n) is 15.8. The average Bonchev–Trinajstić information content (AvgIpc) is 2.72. The molecule has 0 aromatic heterocycles. The normalized spacial score (nSPS) is 33.9. The van der Waals surface area contributed by atoms with Gasteiger partial charge in [-0.25, -0.2) is 0 Å². The third kappa shape index (κ3) is 2.58. The smallest absolute Gasteiger partial charge is 0.142 e. The Morgan fingerprint density at radius 2 is 1.22 bits per heavy atom. The van der Waals surface area contributed by atoms with Crippen LogP contribution >= 0.6 is 0 Å². The fourth-order valence-corrected chi connectivity index (χ4v) is 5.65. The Kier molecular flexibility index (Phi) is 3.97. The molecule has 2 aromatic carbocycles. The second-order valence-electron chi connectivity index (χ2n) is 8.09. The van der Waals surface area contributed by atoms with Crippen molar-refractivity contribution in [3.8, 4) is 11.5 Å². The van der Waals surface area contributed by atoms with E-state index >= 15 is 0 Å². The molecule has 2 aromatic rings. The van der Waals surface area contributed by atoms with Gasteiger partial charge >= 0.3 is 0 Å². The molecule has 0 spiro atoms. The minimum atomic E-state index is 0.130. The summed E-state index contributed by atoms with van der Waals surface area (Å²) in [6.07, 6.45) is 2.08. The van der Waals surface area contributed by atoms with Crippen LogP contribution in [0.5, 0.6) is 11.5 Å². The molecule has 2 unspecified atom stereocenters. The standard InChI is InChI=1S/C23H25NO3/c1-26-17-7-3-15(4-8-17)21-19-11-14-12-20(23(19)25)22(24(21)13-14)16-5-9-18(27-2)10-6-16/h3-10,14,19-22H,11-13H2,1-2H3/t14?,19-,20+,21-,22-/m1/s1. The summed E-state index contributed by atoms with van der Waals surface area (Å²) in [5, 5.41) is 0. The van der Waals surface area contributed by atoms with E-state index in [-0.39, 0.29) is 23.9 Å². The Hall–Kier alpha value is -2.33. The van der Waals surface area contributed by atoms with Crippen molar-refractivity contribution < 1.29 is 14.3 Å². The fraction of sp³-hybridized carbons (Fsp3) is 0.435. The molecule has 0 N–H and O–H groups in total. The van der Waals surface area contributed by atoms with Gasteiger partial charge in [0, 0.05) is 30.5 Å². The Bertz CT molecular complexity index is 777. The minimum absolute atomic E-state index is 0.130. The second-order valence-corrected chi connectivity index (χ2v) is 8.09. The molecule has 3 saturated heterocycles. The number of Topliss-reactive ketones (excluding diaryl/α,β-unsaturated/α-hetero) is 1. The number of methoxy groups -OCH3 is 2. The third-order valence-corrected chi connectivity index (χ3v) is 6.77. The maximum absolute atomic E-state index is 13.3. The molecule has 4 nitrogen and oxygen atoms in total. The first kappa shape index (κ1) is 16.8. The minimum Gasteiger partial charge on any atom is -0.497 e. The maximum atomic E-state index is 13.3. The van der Waals surface area contributed by atoms with Gasteiger partial charge in [-0.05, 0) is 54.2 Å². The number of ether oxygens (including phenoxy) is 2. The van der Waals surface area contributed by atoms with Gasteiger partial charge in [-0.2, -0.15) is 0 Å². The van der Waals surface area contributed by atoms with E-state index < -0.39 is 0 Å². The van der Waals surface area contributed by atoms with Crippen LogP contribution in [-0.2, 0) is 4.79 Å². The molecule has 6 rings (SSSR count). The number of rotatable bonds is 4. The van der Waals surface area contributed by atoms with Gasteiger partial charge < -0.3 is 9.47 Å². The topological polar surface area (TPSA) is 38.8 Å². The summed E-state index contributed by atoms with van der Waals surface area (Å²) in [6, 6.07) is 16.9. The molecule has 140 valence electrons. The summed E-state index contributed by atoms with van der Waals surface area (Å²) in [5.74, 6) is 3.09. The van der Waals surface area contributed by atoms with Crippen molar-refractivity contribution in [2.24, 2.45) is 17.8 Å². The van der Waals surface area contributed by atoms with E-state index in [0.29, 0.717) is 11.7 Å². The number of benzene rings is 2. The molecule has 27 heavy (non-hydrogen) atoms. The third-order valence-electron chi connectivity index (χ3n) is 6.77. The zero-order valence-corrected chi connectivity index (χ0v) is 15.8. The van der Waals surface area contributed by atoms with Crippen molar-refractivity contribution in [2.45, 2.75) is 24.9 Å². The van der Waals surface area contributed by atoms with Crippen LogP contribution in [-0.4, -0.2) is 31.4 Å². The van der Waals surface area contributed by atoms with Crippen molar-refractivity contribution in [3.63, 3.8) is 0 Å². The van der Waals surface area contributed by atoms with Crippen LogP contribution < -0.4 is 9.47 Å². The summed E-state index contributed by atoms with van der Waals surface area (Å²) in [5.41, 5.74) is 2.46. The molecule has 3 heterocycles. The summed E-state index contributed by atoms with van der Waals surface area (Å²) < 4.78 is 10.6. The molecule has 0 amide bonds. The van der Waals surface area contributed by atoms with Gasteiger partial charge in [-0.15, -0.1) is 0 Å². The number of carbonyl (C=O) groups excluding carboxylic acids is 1. The van der Waals surface area contributed by atoms with Gasteiger partial charge in [0.1, 0.15) is 17.3 Å². The first-order valence-corrected chi connectivity index (χ1v) is 9.77. The highest BCUT2D eigenvalue weighted by Crippen LogP contribution is 2.57. The fourth-order valence-electron chi connectivity index (χ4n) is 5.65. The summed E-state index contributed by atoms with van der Waals surface area (Å²) >= 11 is 0. The molecular formula is C23H25NO3. The van der Waals surface area contributed by atoms with Crippen LogP contribution in [0.2, 0.25) is 0 Å². The van der Waals surface area contributed by atoms with Gasteiger partial charge in [-0.3, -0.25) is 9.69 Å². The Morgan fingerprint density at radius 1 is 0.778 bits per heavy atom. The van der Waals surface area contributed by atoms with Crippen LogP contribution in [0.15, 0.2) is 48.5 Å². The molecule has 4 bridgehead atoms. The van der Waals surface area contributed by atoms with Gasteiger partial charge in [0.05, 0.1) is 14.2 Å². The highest BCUT2D eigenvalue weighted by Gasteiger charge is 2.57. The molecule has 1 saturated carbocycles. The largest absolute Gasteiger partial charge is 0.497 e. The molecule has 4 fully saturated rings. The van der Waals surface area contributed by atoms with E-state index in [2.05, 4.69) is 29.2 Å². The summed E-state index contributed by atoms with van der Waals surface area (Å²) in [4.78, 5) is 15.9. The summed E-state index contributed by atoms with van der Waals surface area (Å²) in [7, 11) is 3.37. The predicted molar refractivity (Wildman–Crippen MR) is 103 cm³/mol. The van der Waals surface area contributed by atoms with Crippen molar-refractivity contribution in [2.75, 3.05) is 20.8 Å². The predicted octanol–water partition coefficient (Wildman–Crippen LogP) is 4.03. The van der Waals surface area contributed by atoms with E-state index in [1.807, 2.05) is 24.3 Å². The lowest BCUT2D eigenvalue weighted by Crippen LogP contribution is -2.60. The average molecular weight is 363 g/mol. The molecule has 4 heteroatoms.